The number of sulfonamides is 1. The van der Waals surface area contributed by atoms with Gasteiger partial charge in [-0.1, -0.05) is 31.2 Å². The zero-order valence-corrected chi connectivity index (χ0v) is 20.5. The van der Waals surface area contributed by atoms with Crippen molar-refractivity contribution in [2.75, 3.05) is 13.7 Å². The summed E-state index contributed by atoms with van der Waals surface area (Å²) in [5.41, 5.74) is 0.746. The molecule has 1 N–H and O–H groups in total. The molecule has 9 nitrogen and oxygen atoms in total. The molecule has 1 aliphatic rings. The van der Waals surface area contributed by atoms with E-state index in [1.807, 2.05) is 13.8 Å². The Morgan fingerprint density at radius 1 is 1.09 bits per heavy atom. The first-order chi connectivity index (χ1) is 16.1. The molecule has 3 amide bonds. The van der Waals surface area contributed by atoms with Crippen LogP contribution in [0.15, 0.2) is 53.4 Å². The Morgan fingerprint density at radius 3 is 2.32 bits per heavy atom. The maximum absolute atomic E-state index is 13.4. The molecule has 0 saturated heterocycles. The van der Waals surface area contributed by atoms with Crippen molar-refractivity contribution in [3.05, 3.63) is 59.7 Å². The lowest BCUT2D eigenvalue weighted by molar-refractivity contribution is -0.140. The summed E-state index contributed by atoms with van der Waals surface area (Å²) in [6.07, 6.45) is 0.712. The molecular formula is C24H29N3O6S. The summed E-state index contributed by atoms with van der Waals surface area (Å²) < 4.78 is 31.6. The Bertz CT molecular complexity index is 1180. The van der Waals surface area contributed by atoms with Gasteiger partial charge >= 0.3 is 0 Å². The van der Waals surface area contributed by atoms with Gasteiger partial charge in [-0.25, -0.2) is 12.7 Å². The molecule has 2 aromatic carbocycles. The zero-order chi connectivity index (χ0) is 25.0. The predicted molar refractivity (Wildman–Crippen MR) is 126 cm³/mol. The molecule has 2 aromatic rings. The van der Waals surface area contributed by atoms with Gasteiger partial charge in [-0.05, 0) is 50.1 Å². The van der Waals surface area contributed by atoms with Gasteiger partial charge in [-0.2, -0.15) is 0 Å². The highest BCUT2D eigenvalue weighted by Gasteiger charge is 2.43. The minimum atomic E-state index is -4.16. The van der Waals surface area contributed by atoms with Crippen molar-refractivity contribution in [2.24, 2.45) is 0 Å². The van der Waals surface area contributed by atoms with Gasteiger partial charge in [-0.15, -0.1) is 0 Å². The zero-order valence-electron chi connectivity index (χ0n) is 19.6. The fourth-order valence-electron chi connectivity index (χ4n) is 3.58. The van der Waals surface area contributed by atoms with Crippen LogP contribution in [0, 0.1) is 0 Å². The molecule has 182 valence electrons. The van der Waals surface area contributed by atoms with Crippen molar-refractivity contribution in [1.82, 2.24) is 14.5 Å². The van der Waals surface area contributed by atoms with Crippen molar-refractivity contribution >= 4 is 27.7 Å². The Labute approximate surface area is 199 Å². The summed E-state index contributed by atoms with van der Waals surface area (Å²) in [6, 6.07) is 11.8. The van der Waals surface area contributed by atoms with Crippen LogP contribution >= 0.6 is 0 Å². The third-order valence-corrected chi connectivity index (χ3v) is 7.66. The molecule has 10 heteroatoms. The van der Waals surface area contributed by atoms with Gasteiger partial charge < -0.3 is 15.0 Å². The number of nitrogens with one attached hydrogen (secondary N) is 1. The summed E-state index contributed by atoms with van der Waals surface area (Å²) in [4.78, 5) is 40.1. The first kappa shape index (κ1) is 25.2. The minimum Gasteiger partial charge on any atom is -0.497 e. The van der Waals surface area contributed by atoms with E-state index in [2.05, 4.69) is 5.32 Å². The molecular weight excluding hydrogens is 458 g/mol. The number of benzene rings is 2. The van der Waals surface area contributed by atoms with E-state index in [4.69, 9.17) is 4.74 Å². The summed E-state index contributed by atoms with van der Waals surface area (Å²) in [5, 5.41) is 2.85. The molecule has 0 aromatic heterocycles. The largest absolute Gasteiger partial charge is 0.497 e. The third-order valence-electron chi connectivity index (χ3n) is 5.87. The lowest BCUT2D eigenvalue weighted by Crippen LogP contribution is -2.52. The molecule has 1 aliphatic heterocycles. The van der Waals surface area contributed by atoms with Gasteiger partial charge in [0.15, 0.2) is 0 Å². The number of hydrogen-bond acceptors (Lipinski definition) is 6. The van der Waals surface area contributed by atoms with Crippen LogP contribution in [-0.2, 0) is 26.2 Å². The molecule has 3 rings (SSSR count). The molecule has 0 spiro atoms. The summed E-state index contributed by atoms with van der Waals surface area (Å²) in [6.45, 7) is 4.71. The quantitative estimate of drug-likeness (QED) is 0.580. The Hall–Kier alpha value is -3.40. The molecule has 0 radical (unpaired) electrons. The standard InChI is InChI=1S/C24H29N3O6S/c1-5-16(2)25-23(29)17(3)26(14-18-10-12-19(33-4)13-11-18)22(28)15-27-24(30)20-8-6-7-9-21(20)34(27,31)32/h6-13,16-17H,5,14-15H2,1-4H3,(H,25,29)/t16-,17-/m1/s1. The van der Waals surface area contributed by atoms with Crippen LogP contribution < -0.4 is 10.1 Å². The van der Waals surface area contributed by atoms with Gasteiger partial charge in [0.1, 0.15) is 23.2 Å². The highest BCUT2D eigenvalue weighted by molar-refractivity contribution is 7.90. The van der Waals surface area contributed by atoms with Crippen LogP contribution in [-0.4, -0.2) is 61.1 Å². The van der Waals surface area contributed by atoms with E-state index in [9.17, 15) is 22.8 Å². The molecule has 34 heavy (non-hydrogen) atoms. The van der Waals surface area contributed by atoms with Crippen molar-refractivity contribution < 1.29 is 27.5 Å². The molecule has 1 heterocycles. The SMILES string of the molecule is CC[C@@H](C)NC(=O)[C@@H](C)N(Cc1ccc(OC)cc1)C(=O)CN1C(=O)c2ccccc2S1(=O)=O. The number of rotatable bonds is 9. The van der Waals surface area contributed by atoms with Crippen molar-refractivity contribution in [3.8, 4) is 5.75 Å². The number of carbonyl (C=O) groups is 3. The molecule has 0 fully saturated rings. The van der Waals surface area contributed by atoms with Crippen LogP contribution in [0.5, 0.6) is 5.75 Å². The Kier molecular flexibility index (Phi) is 7.61. The van der Waals surface area contributed by atoms with Gasteiger partial charge in [0.2, 0.25) is 11.8 Å². The first-order valence-electron chi connectivity index (χ1n) is 11.0. The highest BCUT2D eigenvalue weighted by Crippen LogP contribution is 2.30. The normalized spacial score (nSPS) is 15.9. The molecule has 0 unspecified atom stereocenters. The van der Waals surface area contributed by atoms with E-state index in [0.29, 0.717) is 16.5 Å². The Morgan fingerprint density at radius 2 is 1.74 bits per heavy atom. The lowest BCUT2D eigenvalue weighted by atomic mass is 10.1. The fourth-order valence-corrected chi connectivity index (χ4v) is 5.10. The van der Waals surface area contributed by atoms with E-state index in [-0.39, 0.29) is 29.0 Å². The van der Waals surface area contributed by atoms with Crippen molar-refractivity contribution in [3.63, 3.8) is 0 Å². The molecule has 0 saturated carbocycles. The fraction of sp³-hybridized carbons (Fsp3) is 0.375. The number of nitrogens with zero attached hydrogens (tertiary/aromatic N) is 2. The molecule has 0 aliphatic carbocycles. The number of carbonyl (C=O) groups excluding carboxylic acids is 3. The van der Waals surface area contributed by atoms with E-state index in [1.54, 1.807) is 37.3 Å². The average molecular weight is 488 g/mol. The number of methoxy groups -OCH3 is 1. The summed E-state index contributed by atoms with van der Waals surface area (Å²) in [5.74, 6) is -1.15. The predicted octanol–water partition coefficient (Wildman–Crippen LogP) is 2.17. The number of hydrogen-bond donors (Lipinski definition) is 1. The second kappa shape index (κ2) is 10.3. The van der Waals surface area contributed by atoms with E-state index < -0.39 is 34.4 Å². The number of ether oxygens (including phenoxy) is 1. The van der Waals surface area contributed by atoms with E-state index in [1.165, 1.54) is 30.2 Å². The number of amides is 3. The van der Waals surface area contributed by atoms with Crippen LogP contribution in [0.3, 0.4) is 0 Å². The second-order valence-electron chi connectivity index (χ2n) is 8.18. The third kappa shape index (κ3) is 5.06. The first-order valence-corrected chi connectivity index (χ1v) is 12.4. The summed E-state index contributed by atoms with van der Waals surface area (Å²) >= 11 is 0. The van der Waals surface area contributed by atoms with Crippen molar-refractivity contribution in [1.29, 1.82) is 0 Å². The van der Waals surface area contributed by atoms with E-state index >= 15 is 0 Å². The minimum absolute atomic E-state index is 0.0274. The average Bonchev–Trinajstić information content (AvgIpc) is 3.02. The lowest BCUT2D eigenvalue weighted by Gasteiger charge is -2.30. The van der Waals surface area contributed by atoms with Crippen LogP contribution in [0.1, 0.15) is 43.1 Å². The van der Waals surface area contributed by atoms with E-state index in [0.717, 1.165) is 5.56 Å². The van der Waals surface area contributed by atoms with Crippen molar-refractivity contribution in [2.45, 2.75) is 50.7 Å². The topological polar surface area (TPSA) is 113 Å². The molecule has 0 bridgehead atoms. The van der Waals surface area contributed by atoms with Gasteiger partial charge in [-0.3, -0.25) is 14.4 Å². The highest BCUT2D eigenvalue weighted by atomic mass is 32.2. The van der Waals surface area contributed by atoms with Gasteiger partial charge in [0.25, 0.3) is 15.9 Å². The summed E-state index contributed by atoms with van der Waals surface area (Å²) in [7, 11) is -2.62. The van der Waals surface area contributed by atoms with Crippen LogP contribution in [0.25, 0.3) is 0 Å². The van der Waals surface area contributed by atoms with Gasteiger partial charge in [0.05, 0.1) is 12.7 Å². The van der Waals surface area contributed by atoms with Gasteiger partial charge in [0, 0.05) is 12.6 Å². The molecule has 2 atom stereocenters. The second-order valence-corrected chi connectivity index (χ2v) is 10.0. The maximum Gasteiger partial charge on any atom is 0.269 e. The van der Waals surface area contributed by atoms with Crippen LogP contribution in [0.2, 0.25) is 0 Å². The monoisotopic (exact) mass is 487 g/mol. The smallest absolute Gasteiger partial charge is 0.269 e. The Balaban J connectivity index is 1.88. The van der Waals surface area contributed by atoms with Crippen LogP contribution in [0.4, 0.5) is 0 Å². The number of fused-ring (bicyclic) bond motifs is 1. The maximum atomic E-state index is 13.4.